The van der Waals surface area contributed by atoms with E-state index in [9.17, 15) is 34.2 Å². The minimum absolute atomic E-state index is 0.0332. The summed E-state index contributed by atoms with van der Waals surface area (Å²) in [6.07, 6.45) is -2.58. The lowest BCUT2D eigenvalue weighted by atomic mass is 9.80. The zero-order chi connectivity index (χ0) is 39.0. The number of aryl methyl sites for hydroxylation is 2. The molecule has 3 N–H and O–H groups in total. The zero-order valence-corrected chi connectivity index (χ0v) is 30.6. The molecule has 12 heteroatoms. The van der Waals surface area contributed by atoms with E-state index in [2.05, 4.69) is 36.2 Å². The molecule has 1 saturated heterocycles. The number of carboxylic acids is 2. The topological polar surface area (TPSA) is 169 Å². The first-order chi connectivity index (χ1) is 25.8. The number of aliphatic carboxylic acids is 2. The Morgan fingerprint density at radius 1 is 0.796 bits per heavy atom. The number of hydrogen-bond acceptors (Lipinski definition) is 9. The maximum Gasteiger partial charge on any atom is 0.412 e. The lowest BCUT2D eigenvalue weighted by Gasteiger charge is -2.29. The summed E-state index contributed by atoms with van der Waals surface area (Å²) < 4.78 is 15.2. The number of ether oxygens (including phenoxy) is 3. The van der Waals surface area contributed by atoms with Crippen LogP contribution in [0.25, 0.3) is 0 Å². The lowest BCUT2D eigenvalue weighted by Crippen LogP contribution is -2.45. The van der Waals surface area contributed by atoms with Crippen LogP contribution in [0.5, 0.6) is 5.75 Å². The van der Waals surface area contributed by atoms with Gasteiger partial charge < -0.3 is 29.7 Å². The smallest absolute Gasteiger partial charge is 0.412 e. The Balaban J connectivity index is 0.000000208. The summed E-state index contributed by atoms with van der Waals surface area (Å²) in [5.74, 6) is -4.99. The minimum Gasteiger partial charge on any atom is -0.478 e. The van der Waals surface area contributed by atoms with Gasteiger partial charge in [-0.25, -0.2) is 24.0 Å². The lowest BCUT2D eigenvalue weighted by molar-refractivity contribution is -0.166. The zero-order valence-electron chi connectivity index (χ0n) is 30.6. The van der Waals surface area contributed by atoms with Gasteiger partial charge in [0.2, 0.25) is 12.2 Å². The van der Waals surface area contributed by atoms with Gasteiger partial charge in [0.15, 0.2) is 0 Å². The number of carbonyl (C=O) groups excluding carboxylic acids is 3. The van der Waals surface area contributed by atoms with E-state index in [-0.39, 0.29) is 16.5 Å². The number of hydrogen-bond donors (Lipinski definition) is 3. The van der Waals surface area contributed by atoms with E-state index in [0.29, 0.717) is 18.3 Å². The van der Waals surface area contributed by atoms with Crippen molar-refractivity contribution >= 4 is 30.0 Å². The molecule has 4 atom stereocenters. The van der Waals surface area contributed by atoms with Gasteiger partial charge in [0, 0.05) is 18.0 Å². The predicted octanol–water partition coefficient (Wildman–Crippen LogP) is 6.11. The second-order valence-electron chi connectivity index (χ2n) is 13.6. The molecule has 0 unspecified atom stereocenters. The maximum atomic E-state index is 12.2. The fourth-order valence-corrected chi connectivity index (χ4v) is 6.83. The van der Waals surface area contributed by atoms with Crippen molar-refractivity contribution in [3.63, 3.8) is 0 Å². The molecule has 0 saturated carbocycles. The maximum absolute atomic E-state index is 12.2. The molecular weight excluding hydrogens is 692 g/mol. The first-order valence-electron chi connectivity index (χ1n) is 17.7. The molecule has 12 nitrogen and oxygen atoms in total. The number of esters is 2. The first kappa shape index (κ1) is 39.2. The molecule has 1 fully saturated rings. The summed E-state index contributed by atoms with van der Waals surface area (Å²) in [5.41, 5.74) is 5.77. The van der Waals surface area contributed by atoms with Crippen LogP contribution < -0.4 is 10.1 Å². The number of likely N-dealkylation sites (N-methyl/N-ethyl adjacent to an activating group) is 1. The Labute approximate surface area is 313 Å². The van der Waals surface area contributed by atoms with Crippen LogP contribution in [-0.4, -0.2) is 76.4 Å². The predicted molar refractivity (Wildman–Crippen MR) is 198 cm³/mol. The molecule has 4 aromatic rings. The molecule has 1 amide bonds. The molecule has 0 radical (unpaired) electrons. The normalized spacial score (nSPS) is 18.1. The van der Waals surface area contributed by atoms with E-state index in [1.807, 2.05) is 36.4 Å². The van der Waals surface area contributed by atoms with E-state index < -0.39 is 42.2 Å². The summed E-state index contributed by atoms with van der Waals surface area (Å²) in [5, 5.41) is 21.5. The van der Waals surface area contributed by atoms with E-state index in [1.165, 1.54) is 41.8 Å². The molecule has 1 aliphatic carbocycles. The SMILES string of the molecule is CCN1CC[C@]2(C)c3cc(OC(=O)NCc4ccccc4)ccc3C[C@H]12.Cc1ccc(C(=O)O[C@@H](C(=O)O)[C@@H](OC(=O)c2ccc(C)cc2)C(=O)O)cc1. The van der Waals surface area contributed by atoms with Crippen molar-refractivity contribution in [3.05, 3.63) is 136 Å². The third-order valence-electron chi connectivity index (χ3n) is 9.91. The van der Waals surface area contributed by atoms with Gasteiger partial charge in [0.1, 0.15) is 5.75 Å². The first-order valence-corrected chi connectivity index (χ1v) is 17.7. The second kappa shape index (κ2) is 17.2. The number of likely N-dealkylation sites (tertiary alicyclic amines) is 1. The third-order valence-corrected chi connectivity index (χ3v) is 9.91. The van der Waals surface area contributed by atoms with Gasteiger partial charge in [-0.1, -0.05) is 85.6 Å². The standard InChI is InChI=1S/C22H26N2O2.C20H18O8/c1-3-24-12-11-22(2)19-14-18(10-9-17(19)13-20(22)24)26-21(25)23-15-16-7-5-4-6-8-16;1-11-3-7-13(8-4-11)19(25)27-15(17(21)22)16(18(23)24)28-20(26)14-9-5-12(2)6-10-14/h4-10,14,20H,3,11-13,15H2,1-2H3,(H,23,25);3-10,15-16H,1-2H3,(H,21,22)(H,23,24)/t20-,22+;15-,16-/m01/s1. The number of nitrogens with one attached hydrogen (secondary N) is 1. The number of amides is 1. The highest BCUT2D eigenvalue weighted by atomic mass is 16.6. The number of benzene rings is 4. The second-order valence-corrected chi connectivity index (χ2v) is 13.6. The van der Waals surface area contributed by atoms with Crippen molar-refractivity contribution < 1.29 is 48.4 Å². The van der Waals surface area contributed by atoms with Gasteiger partial charge >= 0.3 is 30.0 Å². The summed E-state index contributed by atoms with van der Waals surface area (Å²) in [6.45, 7) is 10.9. The average Bonchev–Trinajstić information content (AvgIpc) is 3.63. The van der Waals surface area contributed by atoms with Crippen LogP contribution >= 0.6 is 0 Å². The fourth-order valence-electron chi connectivity index (χ4n) is 6.83. The van der Waals surface area contributed by atoms with Crippen LogP contribution in [0, 0.1) is 13.8 Å². The number of fused-ring (bicyclic) bond motifs is 3. The molecule has 1 heterocycles. The van der Waals surface area contributed by atoms with E-state index >= 15 is 0 Å². The van der Waals surface area contributed by atoms with Gasteiger partial charge in [-0.3, -0.25) is 4.90 Å². The Bertz CT molecular complexity index is 1910. The third kappa shape index (κ3) is 9.31. The highest BCUT2D eigenvalue weighted by Crippen LogP contribution is 2.48. The van der Waals surface area contributed by atoms with Crippen molar-refractivity contribution in [1.29, 1.82) is 0 Å². The van der Waals surface area contributed by atoms with Crippen LogP contribution in [-0.2, 0) is 37.4 Å². The van der Waals surface area contributed by atoms with Crippen molar-refractivity contribution in [2.45, 2.75) is 70.7 Å². The summed E-state index contributed by atoms with van der Waals surface area (Å²) in [7, 11) is 0. The molecule has 282 valence electrons. The van der Waals surface area contributed by atoms with Gasteiger partial charge in [-0.2, -0.15) is 0 Å². The van der Waals surface area contributed by atoms with Gasteiger partial charge in [0.25, 0.3) is 0 Å². The van der Waals surface area contributed by atoms with Crippen LogP contribution in [0.1, 0.15) is 68.8 Å². The Kier molecular flexibility index (Phi) is 12.5. The van der Waals surface area contributed by atoms with E-state index in [4.69, 9.17) is 14.2 Å². The molecule has 6 rings (SSSR count). The average molecular weight is 737 g/mol. The molecule has 0 bridgehead atoms. The molecule has 0 aromatic heterocycles. The summed E-state index contributed by atoms with van der Waals surface area (Å²) in [4.78, 5) is 62.1. The molecule has 1 aliphatic heterocycles. The molecule has 54 heavy (non-hydrogen) atoms. The van der Waals surface area contributed by atoms with Crippen LogP contribution in [0.3, 0.4) is 0 Å². The monoisotopic (exact) mass is 736 g/mol. The van der Waals surface area contributed by atoms with Crippen LogP contribution in [0.4, 0.5) is 4.79 Å². The number of carbonyl (C=O) groups is 5. The largest absolute Gasteiger partial charge is 0.478 e. The summed E-state index contributed by atoms with van der Waals surface area (Å²) in [6, 6.07) is 28.6. The van der Waals surface area contributed by atoms with Gasteiger partial charge in [0.05, 0.1) is 11.1 Å². The molecule has 2 aliphatic rings. The van der Waals surface area contributed by atoms with Crippen molar-refractivity contribution in [2.24, 2.45) is 0 Å². The Morgan fingerprint density at radius 3 is 1.83 bits per heavy atom. The quantitative estimate of drug-likeness (QED) is 0.152. The molecule has 4 aromatic carbocycles. The Hall–Kier alpha value is -6.01. The van der Waals surface area contributed by atoms with E-state index in [0.717, 1.165) is 36.2 Å². The number of nitrogens with zero attached hydrogens (tertiary/aromatic N) is 1. The van der Waals surface area contributed by atoms with Crippen molar-refractivity contribution in [1.82, 2.24) is 10.2 Å². The van der Waals surface area contributed by atoms with E-state index in [1.54, 1.807) is 38.1 Å². The number of rotatable bonds is 11. The highest BCUT2D eigenvalue weighted by Gasteiger charge is 2.49. The minimum atomic E-state index is -2.22. The van der Waals surface area contributed by atoms with Crippen LogP contribution in [0.2, 0.25) is 0 Å². The fraction of sp³-hybridized carbons (Fsp3) is 0.310. The molecular formula is C42H44N2O10. The molecule has 0 spiro atoms. The summed E-state index contributed by atoms with van der Waals surface area (Å²) >= 11 is 0. The van der Waals surface area contributed by atoms with Gasteiger partial charge in [-0.05, 0) is 92.9 Å². The number of carboxylic acid groups (broad SMARTS) is 2. The Morgan fingerprint density at radius 2 is 1.33 bits per heavy atom. The van der Waals surface area contributed by atoms with Crippen molar-refractivity contribution in [2.75, 3.05) is 13.1 Å². The van der Waals surface area contributed by atoms with Crippen LogP contribution in [0.15, 0.2) is 97.1 Å². The van der Waals surface area contributed by atoms with Gasteiger partial charge in [-0.15, -0.1) is 0 Å². The van der Waals surface area contributed by atoms with Crippen molar-refractivity contribution in [3.8, 4) is 5.75 Å². The highest BCUT2D eigenvalue weighted by molar-refractivity contribution is 5.95.